The first-order chi connectivity index (χ1) is 21.7. The van der Waals surface area contributed by atoms with Crippen LogP contribution in [0.3, 0.4) is 0 Å². The molecule has 6 aromatic carbocycles. The van der Waals surface area contributed by atoms with Crippen molar-refractivity contribution in [2.24, 2.45) is 0 Å². The summed E-state index contributed by atoms with van der Waals surface area (Å²) < 4.78 is 42.4. The quantitative estimate of drug-likeness (QED) is 0.0906. The predicted octanol–water partition coefficient (Wildman–Crippen LogP) is 11.6. The Morgan fingerprint density at radius 3 is 0.614 bits per heavy atom. The van der Waals surface area contributed by atoms with Crippen molar-refractivity contribution in [2.75, 3.05) is 0 Å². The first-order valence-corrected chi connectivity index (χ1v) is 24.4. The second-order valence-corrected chi connectivity index (χ2v) is 25.8. The summed E-state index contributed by atoms with van der Waals surface area (Å²) in [6.45, 7) is 0. The van der Waals surface area contributed by atoms with Crippen LogP contribution in [0.25, 0.3) is 0 Å². The average molecular weight is 938 g/mol. The van der Waals surface area contributed by atoms with Gasteiger partial charge in [-0.2, -0.15) is 0 Å². The summed E-state index contributed by atoms with van der Waals surface area (Å²) in [6, 6.07) is 60.5. The van der Waals surface area contributed by atoms with Gasteiger partial charge in [0, 0.05) is 0 Å². The first-order valence-electron chi connectivity index (χ1n) is 13.8. The van der Waals surface area contributed by atoms with E-state index in [0.29, 0.717) is 0 Å². The van der Waals surface area contributed by atoms with Crippen molar-refractivity contribution in [3.8, 4) is 0 Å². The van der Waals surface area contributed by atoms with Gasteiger partial charge in [0.15, 0.2) is 0 Å². The first kappa shape index (κ1) is 31.6. The third-order valence-corrected chi connectivity index (χ3v) is 26.0. The molecule has 0 amide bonds. The Bertz CT molecular complexity index is 1440. The fraction of sp³-hybridized carbons (Fsp3) is 0. The average Bonchev–Trinajstić information content (AvgIpc) is 3.11. The van der Waals surface area contributed by atoms with Crippen molar-refractivity contribution >= 4 is 68.5 Å². The van der Waals surface area contributed by atoms with Crippen molar-refractivity contribution in [3.63, 3.8) is 0 Å². The van der Waals surface area contributed by atoms with Crippen LogP contribution in [0.5, 0.6) is 0 Å². The van der Waals surface area contributed by atoms with Crippen LogP contribution >= 0.6 is 68.5 Å². The van der Waals surface area contributed by atoms with E-state index >= 15 is 4.57 Å². The van der Waals surface area contributed by atoms with E-state index in [-0.39, 0.29) is 0 Å². The van der Waals surface area contributed by atoms with Gasteiger partial charge >= 0.3 is 285 Å². The van der Waals surface area contributed by atoms with Crippen LogP contribution in [0.15, 0.2) is 182 Å². The Kier molecular flexibility index (Phi) is 11.3. The zero-order chi connectivity index (χ0) is 30.0. The zero-order valence-corrected chi connectivity index (χ0v) is 30.9. The van der Waals surface area contributed by atoms with Crippen molar-refractivity contribution in [3.05, 3.63) is 203 Å². The standard InChI is InChI=1S/C36H30I3O4P/c40-44(41-37(31-19-7-1-8-20-31)32-21-9-2-10-22-32,42-38(33-23-11-3-12-24-33)34-25-13-4-14-26-34)43-39(35-27-15-5-16-28-35)36-29-17-6-18-30-36/h1-30H. The molecule has 6 rings (SSSR count). The molecule has 0 fully saturated rings. The maximum atomic E-state index is 15.5. The third-order valence-electron chi connectivity index (χ3n) is 6.05. The van der Waals surface area contributed by atoms with Gasteiger partial charge in [-0.05, 0) is 0 Å². The molecule has 0 unspecified atom stereocenters. The van der Waals surface area contributed by atoms with Crippen molar-refractivity contribution in [2.45, 2.75) is 0 Å². The van der Waals surface area contributed by atoms with Crippen molar-refractivity contribution in [1.29, 1.82) is 0 Å². The second-order valence-electron chi connectivity index (χ2n) is 9.17. The van der Waals surface area contributed by atoms with E-state index in [1.807, 2.05) is 109 Å². The molecule has 0 N–H and O–H groups in total. The van der Waals surface area contributed by atoms with E-state index in [9.17, 15) is 0 Å². The van der Waals surface area contributed by atoms with E-state index < -0.39 is 68.5 Å². The number of phosphoric acid groups is 1. The molecule has 8 heteroatoms. The molecule has 4 nitrogen and oxygen atoms in total. The monoisotopic (exact) mass is 938 g/mol. The van der Waals surface area contributed by atoms with Gasteiger partial charge in [0.05, 0.1) is 0 Å². The van der Waals surface area contributed by atoms with Gasteiger partial charge in [-0.25, -0.2) is 0 Å². The van der Waals surface area contributed by atoms with Crippen LogP contribution in [0.1, 0.15) is 0 Å². The van der Waals surface area contributed by atoms with Gasteiger partial charge in [0.25, 0.3) is 0 Å². The molecular weight excluding hydrogens is 908 g/mol. The van der Waals surface area contributed by atoms with E-state index in [1.165, 1.54) is 0 Å². The summed E-state index contributed by atoms with van der Waals surface area (Å²) in [5.74, 6) is 0. The van der Waals surface area contributed by atoms with Gasteiger partial charge < -0.3 is 0 Å². The van der Waals surface area contributed by atoms with Gasteiger partial charge in [-0.1, -0.05) is 0 Å². The normalized spacial score (nSPS) is 12.3. The van der Waals surface area contributed by atoms with Gasteiger partial charge in [0.2, 0.25) is 0 Å². The number of hydrogen-bond acceptors (Lipinski definition) is 4. The number of hydrogen-bond donors (Lipinski definition) is 0. The van der Waals surface area contributed by atoms with Crippen LogP contribution in [0.4, 0.5) is 0 Å². The molecule has 0 spiro atoms. The molecule has 0 atom stereocenters. The predicted molar refractivity (Wildman–Crippen MR) is 204 cm³/mol. The van der Waals surface area contributed by atoms with Gasteiger partial charge in [-0.3, -0.25) is 0 Å². The second kappa shape index (κ2) is 15.8. The summed E-state index contributed by atoms with van der Waals surface area (Å²) in [5.41, 5.74) is 0. The molecule has 0 heterocycles. The molecule has 0 bridgehead atoms. The summed E-state index contributed by atoms with van der Waals surface area (Å²) >= 11 is -8.31. The third kappa shape index (κ3) is 8.25. The number of halogens is 3. The summed E-state index contributed by atoms with van der Waals surface area (Å²) in [7, 11) is -4.17. The molecule has 0 aliphatic rings. The number of benzene rings is 6. The molecular formula is C36H30I3O4P. The van der Waals surface area contributed by atoms with Crippen molar-refractivity contribution in [1.82, 2.24) is 0 Å². The fourth-order valence-corrected chi connectivity index (χ4v) is 26.3. The topological polar surface area (TPSA) is 44.8 Å². The van der Waals surface area contributed by atoms with E-state index in [2.05, 4.69) is 72.8 Å². The molecule has 0 aliphatic carbocycles. The van der Waals surface area contributed by atoms with Crippen LogP contribution < -0.4 is 0 Å². The Labute approximate surface area is 282 Å². The van der Waals surface area contributed by atoms with E-state index in [1.54, 1.807) is 0 Å². The van der Waals surface area contributed by atoms with Crippen molar-refractivity contribution < 1.29 is 13.1 Å². The van der Waals surface area contributed by atoms with E-state index in [0.717, 1.165) is 21.4 Å². The number of rotatable bonds is 12. The molecule has 44 heavy (non-hydrogen) atoms. The SMILES string of the molecule is O=P(OI(c1ccccc1)c1ccccc1)(OI(c1ccccc1)c1ccccc1)OI(c1ccccc1)c1ccccc1. The van der Waals surface area contributed by atoms with Crippen LogP contribution in [-0.4, -0.2) is 0 Å². The Hall–Kier alpha value is -2.38. The Morgan fingerprint density at radius 1 is 0.295 bits per heavy atom. The van der Waals surface area contributed by atoms with Crippen LogP contribution in [0.2, 0.25) is 0 Å². The molecule has 0 saturated heterocycles. The van der Waals surface area contributed by atoms with Crippen LogP contribution in [-0.2, 0) is 13.1 Å². The molecule has 0 aromatic heterocycles. The summed E-state index contributed by atoms with van der Waals surface area (Å²) in [6.07, 6.45) is 0. The molecule has 0 saturated carbocycles. The van der Waals surface area contributed by atoms with E-state index in [4.69, 9.17) is 8.56 Å². The molecule has 0 radical (unpaired) electrons. The summed E-state index contributed by atoms with van der Waals surface area (Å²) in [5, 5.41) is 0. The zero-order valence-electron chi connectivity index (χ0n) is 23.5. The van der Waals surface area contributed by atoms with Crippen LogP contribution in [0, 0.1) is 21.4 Å². The van der Waals surface area contributed by atoms with Gasteiger partial charge in [0.1, 0.15) is 0 Å². The fourth-order valence-electron chi connectivity index (χ4n) is 4.08. The minimum atomic E-state index is -4.17. The Balaban J connectivity index is 1.48. The Morgan fingerprint density at radius 2 is 0.455 bits per heavy atom. The molecule has 0 aliphatic heterocycles. The molecule has 224 valence electrons. The van der Waals surface area contributed by atoms with Gasteiger partial charge in [-0.15, -0.1) is 0 Å². The minimum absolute atomic E-state index is 1.02. The molecule has 6 aromatic rings. The maximum absolute atomic E-state index is 15.5. The summed E-state index contributed by atoms with van der Waals surface area (Å²) in [4.78, 5) is 0.